The predicted octanol–water partition coefficient (Wildman–Crippen LogP) is 4.09. The summed E-state index contributed by atoms with van der Waals surface area (Å²) < 4.78 is 5.76. The average molecular weight is 491 g/mol. The van der Waals surface area contributed by atoms with E-state index >= 15 is 0 Å². The number of halogens is 1. The molecule has 0 aromatic heterocycles. The molecule has 0 saturated carbocycles. The lowest BCUT2D eigenvalue weighted by Crippen LogP contribution is -2.44. The third kappa shape index (κ3) is 8.05. The number of aryl methyl sites for hydroxylation is 1. The fourth-order valence-electron chi connectivity index (χ4n) is 3.05. The lowest BCUT2D eigenvalue weighted by Gasteiger charge is -2.34. The first-order chi connectivity index (χ1) is 12.2. The van der Waals surface area contributed by atoms with Gasteiger partial charge in [-0.2, -0.15) is 11.8 Å². The molecule has 6 heteroatoms. The van der Waals surface area contributed by atoms with Crippen LogP contribution < -0.4 is 10.6 Å². The van der Waals surface area contributed by atoms with Crippen LogP contribution in [0.15, 0.2) is 35.3 Å². The summed E-state index contributed by atoms with van der Waals surface area (Å²) >= 11 is 1.94. The van der Waals surface area contributed by atoms with E-state index in [1.807, 2.05) is 11.8 Å². The van der Waals surface area contributed by atoms with Crippen molar-refractivity contribution in [3.05, 3.63) is 35.9 Å². The molecule has 1 atom stereocenters. The Morgan fingerprint density at radius 2 is 1.96 bits per heavy atom. The molecule has 26 heavy (non-hydrogen) atoms. The highest BCUT2D eigenvalue weighted by Gasteiger charge is 2.31. The van der Waals surface area contributed by atoms with Gasteiger partial charge in [0, 0.05) is 30.5 Å². The van der Waals surface area contributed by atoms with Gasteiger partial charge in [0.2, 0.25) is 0 Å². The van der Waals surface area contributed by atoms with E-state index in [4.69, 9.17) is 9.73 Å². The third-order valence-corrected chi connectivity index (χ3v) is 6.20. The molecule has 148 valence electrons. The Balaban J connectivity index is 0.00000338. The van der Waals surface area contributed by atoms with Crippen molar-refractivity contribution < 1.29 is 4.74 Å². The molecule has 1 aromatic carbocycles. The first-order valence-corrected chi connectivity index (χ1v) is 10.6. The van der Waals surface area contributed by atoms with Gasteiger partial charge in [0.05, 0.1) is 6.54 Å². The lowest BCUT2D eigenvalue weighted by atomic mass is 9.99. The first kappa shape index (κ1) is 23.6. The van der Waals surface area contributed by atoms with Crippen molar-refractivity contribution >= 4 is 41.7 Å². The summed E-state index contributed by atoms with van der Waals surface area (Å²) in [5.74, 6) is 0.933. The molecule has 0 spiro atoms. The van der Waals surface area contributed by atoms with Crippen molar-refractivity contribution in [2.24, 2.45) is 4.99 Å². The Morgan fingerprint density at radius 1 is 1.27 bits per heavy atom. The number of aliphatic imine (C=N–C) groups is 1. The van der Waals surface area contributed by atoms with E-state index in [1.54, 1.807) is 0 Å². The minimum absolute atomic E-state index is 0. The monoisotopic (exact) mass is 491 g/mol. The average Bonchev–Trinajstić information content (AvgIpc) is 2.66. The van der Waals surface area contributed by atoms with Crippen LogP contribution in [-0.2, 0) is 11.2 Å². The van der Waals surface area contributed by atoms with E-state index in [0.29, 0.717) is 6.04 Å². The molecule has 1 saturated heterocycles. The Morgan fingerprint density at radius 3 is 2.58 bits per heavy atom. The Bertz CT molecular complexity index is 521. The van der Waals surface area contributed by atoms with Gasteiger partial charge in [-0.05, 0) is 51.3 Å². The van der Waals surface area contributed by atoms with Crippen LogP contribution >= 0.6 is 35.7 Å². The molecule has 0 aliphatic carbocycles. The summed E-state index contributed by atoms with van der Waals surface area (Å²) in [6.07, 6.45) is 6.54. The molecule has 1 unspecified atom stereocenters. The number of nitrogens with one attached hydrogen (secondary N) is 2. The summed E-state index contributed by atoms with van der Waals surface area (Å²) in [5.41, 5.74) is 1.39. The van der Waals surface area contributed by atoms with Crippen LogP contribution in [0.3, 0.4) is 0 Å². The van der Waals surface area contributed by atoms with Gasteiger partial charge >= 0.3 is 0 Å². The van der Waals surface area contributed by atoms with Crippen molar-refractivity contribution in [1.29, 1.82) is 0 Å². The van der Waals surface area contributed by atoms with Gasteiger partial charge in [-0.1, -0.05) is 30.3 Å². The molecule has 2 rings (SSSR count). The molecule has 0 amide bonds. The molecule has 1 aliphatic rings. The number of thioether (sulfide) groups is 1. The molecule has 1 fully saturated rings. The summed E-state index contributed by atoms with van der Waals surface area (Å²) in [6, 6.07) is 11.1. The SMILES string of the molecule is CCNC(=NCC1(SC)CCOCC1)NC(C)CCc1ccccc1.I. The Labute approximate surface area is 180 Å². The van der Waals surface area contributed by atoms with Crippen LogP contribution in [-0.4, -0.2) is 49.3 Å². The Hall–Kier alpha value is -0.470. The summed E-state index contributed by atoms with van der Waals surface area (Å²) in [7, 11) is 0. The predicted molar refractivity (Wildman–Crippen MR) is 125 cm³/mol. The highest BCUT2D eigenvalue weighted by atomic mass is 127. The number of benzene rings is 1. The fraction of sp³-hybridized carbons (Fsp3) is 0.650. The minimum atomic E-state index is 0. The van der Waals surface area contributed by atoms with E-state index in [1.165, 1.54) is 5.56 Å². The number of hydrogen-bond donors (Lipinski definition) is 2. The summed E-state index contributed by atoms with van der Waals surface area (Å²) in [4.78, 5) is 4.89. The maximum absolute atomic E-state index is 5.53. The quantitative estimate of drug-likeness (QED) is 0.327. The van der Waals surface area contributed by atoms with Gasteiger partial charge in [0.25, 0.3) is 0 Å². The summed E-state index contributed by atoms with van der Waals surface area (Å²) in [6.45, 7) is 7.78. The molecule has 0 bridgehead atoms. The second-order valence-corrected chi connectivity index (χ2v) is 8.04. The van der Waals surface area contributed by atoms with E-state index in [2.05, 4.69) is 61.1 Å². The number of ether oxygens (including phenoxy) is 1. The van der Waals surface area contributed by atoms with E-state index < -0.39 is 0 Å². The minimum Gasteiger partial charge on any atom is -0.381 e. The standard InChI is InChI=1S/C20H33N3OS.HI/c1-4-21-19(22-16-20(25-3)12-14-24-15-13-20)23-17(2)10-11-18-8-6-5-7-9-18;/h5-9,17H,4,10-16H2,1-3H3,(H2,21,22,23);1H. The van der Waals surface area contributed by atoms with Crippen LogP contribution in [0.25, 0.3) is 0 Å². The van der Waals surface area contributed by atoms with Gasteiger partial charge in [-0.15, -0.1) is 24.0 Å². The van der Waals surface area contributed by atoms with Crippen LogP contribution in [0.5, 0.6) is 0 Å². The van der Waals surface area contributed by atoms with Crippen molar-refractivity contribution in [3.8, 4) is 0 Å². The fourth-order valence-corrected chi connectivity index (χ4v) is 3.82. The van der Waals surface area contributed by atoms with Crippen molar-refractivity contribution in [3.63, 3.8) is 0 Å². The van der Waals surface area contributed by atoms with Gasteiger partial charge in [0.1, 0.15) is 0 Å². The van der Waals surface area contributed by atoms with E-state index in [-0.39, 0.29) is 28.7 Å². The molecule has 1 aromatic rings. The van der Waals surface area contributed by atoms with Crippen molar-refractivity contribution in [2.45, 2.75) is 50.3 Å². The molecule has 1 aliphatic heterocycles. The maximum atomic E-state index is 5.53. The third-order valence-electron chi connectivity index (χ3n) is 4.80. The van der Waals surface area contributed by atoms with Crippen LogP contribution in [0, 0.1) is 0 Å². The zero-order chi connectivity index (χ0) is 18.0. The topological polar surface area (TPSA) is 45.7 Å². The van der Waals surface area contributed by atoms with Crippen molar-refractivity contribution in [1.82, 2.24) is 10.6 Å². The normalized spacial score (nSPS) is 17.9. The lowest BCUT2D eigenvalue weighted by molar-refractivity contribution is 0.0794. The molecule has 1 heterocycles. The first-order valence-electron chi connectivity index (χ1n) is 9.39. The zero-order valence-electron chi connectivity index (χ0n) is 16.3. The van der Waals surface area contributed by atoms with Crippen LogP contribution in [0.2, 0.25) is 0 Å². The number of rotatable bonds is 8. The van der Waals surface area contributed by atoms with Crippen molar-refractivity contribution in [2.75, 3.05) is 32.6 Å². The summed E-state index contributed by atoms with van der Waals surface area (Å²) in [5, 5.41) is 6.96. The molecular weight excluding hydrogens is 457 g/mol. The molecule has 0 radical (unpaired) electrons. The van der Waals surface area contributed by atoms with Gasteiger partial charge < -0.3 is 15.4 Å². The van der Waals surface area contributed by atoms with Crippen LogP contribution in [0.1, 0.15) is 38.7 Å². The Kier molecular flexibility index (Phi) is 11.6. The van der Waals surface area contributed by atoms with E-state index in [0.717, 1.165) is 57.9 Å². The molecular formula is C20H34IN3OS. The highest BCUT2D eigenvalue weighted by molar-refractivity contribution is 14.0. The smallest absolute Gasteiger partial charge is 0.191 e. The second-order valence-electron chi connectivity index (χ2n) is 6.76. The second kappa shape index (κ2) is 12.8. The zero-order valence-corrected chi connectivity index (χ0v) is 19.4. The number of guanidine groups is 1. The molecule has 2 N–H and O–H groups in total. The highest BCUT2D eigenvalue weighted by Crippen LogP contribution is 2.33. The maximum Gasteiger partial charge on any atom is 0.191 e. The van der Waals surface area contributed by atoms with Gasteiger partial charge in [-0.3, -0.25) is 4.99 Å². The number of hydrogen-bond acceptors (Lipinski definition) is 3. The van der Waals surface area contributed by atoms with Crippen LogP contribution in [0.4, 0.5) is 0 Å². The largest absolute Gasteiger partial charge is 0.381 e. The van der Waals surface area contributed by atoms with Gasteiger partial charge in [-0.25, -0.2) is 0 Å². The van der Waals surface area contributed by atoms with E-state index in [9.17, 15) is 0 Å². The number of nitrogens with zero attached hydrogens (tertiary/aromatic N) is 1. The van der Waals surface area contributed by atoms with Gasteiger partial charge in [0.15, 0.2) is 5.96 Å². The molecule has 4 nitrogen and oxygen atoms in total.